The third-order valence-corrected chi connectivity index (χ3v) is 4.56. The van der Waals surface area contributed by atoms with E-state index in [1.807, 2.05) is 4.90 Å². The van der Waals surface area contributed by atoms with Crippen LogP contribution in [0, 0.1) is 0 Å². The van der Waals surface area contributed by atoms with Crippen LogP contribution in [0.4, 0.5) is 0 Å². The average molecular weight is 341 g/mol. The van der Waals surface area contributed by atoms with Crippen molar-refractivity contribution in [3.05, 3.63) is 0 Å². The van der Waals surface area contributed by atoms with Crippen LogP contribution in [-0.2, 0) is 9.59 Å². The Morgan fingerprint density at radius 3 is 2.47 bits per heavy atom. The Morgan fingerprint density at radius 1 is 1.24 bits per heavy atom. The molecule has 0 aliphatic carbocycles. The fourth-order valence-corrected chi connectivity index (χ4v) is 3.31. The van der Waals surface area contributed by atoms with E-state index in [2.05, 4.69) is 21.2 Å². The summed E-state index contributed by atoms with van der Waals surface area (Å²) in [7, 11) is 0. The normalized spacial score (nSPS) is 19.0. The summed E-state index contributed by atoms with van der Waals surface area (Å²) in [6.07, 6.45) is 2.28. The van der Waals surface area contributed by atoms with E-state index >= 15 is 0 Å². The van der Waals surface area contributed by atoms with E-state index in [0.29, 0.717) is 17.4 Å². The van der Waals surface area contributed by atoms with Gasteiger partial charge in [-0.15, -0.1) is 23.5 Å². The monoisotopic (exact) mass is 340 g/mol. The van der Waals surface area contributed by atoms with Crippen LogP contribution in [0.25, 0.3) is 0 Å². The largest absolute Gasteiger partial charge is 0.346 e. The molecule has 0 atom stereocenters. The zero-order chi connectivity index (χ0) is 12.5. The van der Waals surface area contributed by atoms with Crippen molar-refractivity contribution in [3.63, 3.8) is 0 Å². The van der Waals surface area contributed by atoms with E-state index in [9.17, 15) is 9.59 Å². The molecule has 0 aromatic rings. The van der Waals surface area contributed by atoms with Crippen molar-refractivity contribution in [2.75, 3.05) is 35.1 Å². The van der Waals surface area contributed by atoms with Gasteiger partial charge in [0.05, 0.1) is 23.3 Å². The summed E-state index contributed by atoms with van der Waals surface area (Å²) in [5, 5.41) is 3.69. The first kappa shape index (κ1) is 15.2. The number of halogens is 1. The Morgan fingerprint density at radius 2 is 2.06 bits per heavy atom. The molecule has 0 bridgehead atoms. The van der Waals surface area contributed by atoms with E-state index in [1.165, 1.54) is 0 Å². The highest BCUT2D eigenvalue weighted by atomic mass is 79.9. The Labute approximate surface area is 119 Å². The third kappa shape index (κ3) is 6.57. The van der Waals surface area contributed by atoms with E-state index in [1.54, 1.807) is 23.5 Å². The molecule has 2 aliphatic heterocycles. The SMILES string of the molecule is O=C1CSCN1.O=C1CSCN1CCCCBr. The highest BCUT2D eigenvalue weighted by Gasteiger charge is 2.19. The van der Waals surface area contributed by atoms with Crippen molar-refractivity contribution in [1.82, 2.24) is 10.2 Å². The van der Waals surface area contributed by atoms with Crippen LogP contribution < -0.4 is 5.32 Å². The number of hydrogen-bond donors (Lipinski definition) is 1. The first-order chi connectivity index (χ1) is 8.24. The fourth-order valence-electron chi connectivity index (χ4n) is 1.32. The van der Waals surface area contributed by atoms with Crippen molar-refractivity contribution in [3.8, 4) is 0 Å². The predicted molar refractivity (Wildman–Crippen MR) is 77.5 cm³/mol. The van der Waals surface area contributed by atoms with E-state index in [4.69, 9.17) is 0 Å². The number of hydrogen-bond acceptors (Lipinski definition) is 4. The van der Waals surface area contributed by atoms with Gasteiger partial charge in [0.1, 0.15) is 0 Å². The average Bonchev–Trinajstić information content (AvgIpc) is 2.92. The van der Waals surface area contributed by atoms with Gasteiger partial charge in [0.15, 0.2) is 0 Å². The number of nitrogens with zero attached hydrogens (tertiary/aromatic N) is 1. The maximum absolute atomic E-state index is 11.1. The lowest BCUT2D eigenvalue weighted by Gasteiger charge is -2.13. The lowest BCUT2D eigenvalue weighted by Crippen LogP contribution is -2.26. The van der Waals surface area contributed by atoms with Gasteiger partial charge < -0.3 is 10.2 Å². The van der Waals surface area contributed by atoms with Crippen LogP contribution in [0.5, 0.6) is 0 Å². The number of nitrogens with one attached hydrogen (secondary N) is 1. The topological polar surface area (TPSA) is 49.4 Å². The van der Waals surface area contributed by atoms with Crippen molar-refractivity contribution < 1.29 is 9.59 Å². The van der Waals surface area contributed by atoms with Gasteiger partial charge in [-0.2, -0.15) is 0 Å². The minimum Gasteiger partial charge on any atom is -0.346 e. The molecule has 2 heterocycles. The zero-order valence-corrected chi connectivity index (χ0v) is 12.8. The van der Waals surface area contributed by atoms with Crippen LogP contribution >= 0.6 is 39.5 Å². The van der Waals surface area contributed by atoms with Crippen LogP contribution in [0.15, 0.2) is 0 Å². The molecule has 2 aliphatic rings. The summed E-state index contributed by atoms with van der Waals surface area (Å²) in [6, 6.07) is 0. The van der Waals surface area contributed by atoms with Gasteiger partial charge in [0, 0.05) is 11.9 Å². The molecule has 2 rings (SSSR count). The quantitative estimate of drug-likeness (QED) is 0.622. The maximum atomic E-state index is 11.1. The summed E-state index contributed by atoms with van der Waals surface area (Å²) in [5.74, 6) is 3.53. The Kier molecular flexibility index (Phi) is 8.13. The Balaban J connectivity index is 0.000000202. The highest BCUT2D eigenvalue weighted by molar-refractivity contribution is 9.09. The van der Waals surface area contributed by atoms with E-state index in [0.717, 1.165) is 36.5 Å². The Hall–Kier alpha value is 0.120. The summed E-state index contributed by atoms with van der Waals surface area (Å²) in [6.45, 7) is 0.942. The van der Waals surface area contributed by atoms with Crippen LogP contribution in [0.1, 0.15) is 12.8 Å². The molecule has 2 saturated heterocycles. The molecule has 0 saturated carbocycles. The number of carbonyl (C=O) groups is 2. The molecule has 2 amide bonds. The molecule has 0 unspecified atom stereocenters. The van der Waals surface area contributed by atoms with Gasteiger partial charge in [-0.1, -0.05) is 15.9 Å². The van der Waals surface area contributed by atoms with E-state index < -0.39 is 0 Å². The number of amides is 2. The second kappa shape index (κ2) is 9.10. The maximum Gasteiger partial charge on any atom is 0.233 e. The molecule has 7 heteroatoms. The standard InChI is InChI=1S/C7H12BrNOS.C3H5NOS/c8-3-1-2-4-9-6-11-5-7(9)10;5-3-1-6-2-4-3/h1-6H2;1-2H2,(H,4,5). The molecular formula is C10H17BrN2O2S2. The number of alkyl halides is 1. The summed E-state index contributed by atoms with van der Waals surface area (Å²) < 4.78 is 0. The lowest BCUT2D eigenvalue weighted by molar-refractivity contribution is -0.126. The van der Waals surface area contributed by atoms with Gasteiger partial charge in [0.25, 0.3) is 0 Å². The zero-order valence-electron chi connectivity index (χ0n) is 9.62. The molecule has 2 fully saturated rings. The first-order valence-electron chi connectivity index (χ1n) is 5.50. The molecular weight excluding hydrogens is 324 g/mol. The van der Waals surface area contributed by atoms with Gasteiger partial charge in [-0.3, -0.25) is 9.59 Å². The second-order valence-corrected chi connectivity index (χ2v) is 6.36. The molecule has 0 aromatic carbocycles. The third-order valence-electron chi connectivity index (χ3n) is 2.24. The van der Waals surface area contributed by atoms with Gasteiger partial charge >= 0.3 is 0 Å². The van der Waals surface area contributed by atoms with E-state index in [-0.39, 0.29) is 5.91 Å². The minimum absolute atomic E-state index is 0.167. The number of rotatable bonds is 4. The highest BCUT2D eigenvalue weighted by Crippen LogP contribution is 2.15. The molecule has 17 heavy (non-hydrogen) atoms. The molecule has 0 radical (unpaired) electrons. The molecule has 0 aromatic heterocycles. The fraction of sp³-hybridized carbons (Fsp3) is 0.800. The summed E-state index contributed by atoms with van der Waals surface area (Å²) >= 11 is 6.70. The molecule has 98 valence electrons. The molecule has 0 spiro atoms. The minimum atomic E-state index is 0.167. The van der Waals surface area contributed by atoms with Crippen molar-refractivity contribution in [2.24, 2.45) is 0 Å². The first-order valence-corrected chi connectivity index (χ1v) is 8.93. The van der Waals surface area contributed by atoms with Crippen molar-refractivity contribution >= 4 is 51.3 Å². The number of thioether (sulfide) groups is 2. The van der Waals surface area contributed by atoms with Crippen LogP contribution in [0.2, 0.25) is 0 Å². The predicted octanol–water partition coefficient (Wildman–Crippen LogP) is 1.50. The van der Waals surface area contributed by atoms with Crippen LogP contribution in [-0.4, -0.2) is 51.8 Å². The second-order valence-electron chi connectivity index (χ2n) is 3.62. The van der Waals surface area contributed by atoms with Crippen molar-refractivity contribution in [2.45, 2.75) is 12.8 Å². The summed E-state index contributed by atoms with van der Waals surface area (Å²) in [5.41, 5.74) is 0. The smallest absolute Gasteiger partial charge is 0.233 e. The van der Waals surface area contributed by atoms with Crippen LogP contribution in [0.3, 0.4) is 0 Å². The van der Waals surface area contributed by atoms with Crippen molar-refractivity contribution in [1.29, 1.82) is 0 Å². The number of carbonyl (C=O) groups excluding carboxylic acids is 2. The molecule has 4 nitrogen and oxygen atoms in total. The van der Waals surface area contributed by atoms with Gasteiger partial charge in [0.2, 0.25) is 11.8 Å². The summed E-state index contributed by atoms with van der Waals surface area (Å²) in [4.78, 5) is 23.1. The van der Waals surface area contributed by atoms with Gasteiger partial charge in [-0.05, 0) is 12.8 Å². The Bertz CT molecular complexity index is 259. The molecule has 1 N–H and O–H groups in total. The lowest BCUT2D eigenvalue weighted by atomic mass is 10.3. The van der Waals surface area contributed by atoms with Gasteiger partial charge in [-0.25, -0.2) is 0 Å². The number of unbranched alkanes of at least 4 members (excludes halogenated alkanes) is 1.